The van der Waals surface area contributed by atoms with Gasteiger partial charge in [0.05, 0.1) is 18.3 Å². The minimum Gasteiger partial charge on any atom is -0.364 e. The smallest absolute Gasteiger partial charge is 0.323 e. The molecule has 1 aromatic heterocycles. The Morgan fingerprint density at radius 2 is 1.80 bits per heavy atom. The van der Waals surface area contributed by atoms with Gasteiger partial charge in [-0.3, -0.25) is 5.43 Å². The molecule has 2 aliphatic heterocycles. The normalized spacial score (nSPS) is 20.8. The van der Waals surface area contributed by atoms with E-state index in [-0.39, 0.29) is 18.2 Å². The molecule has 3 unspecified atom stereocenters. The summed E-state index contributed by atoms with van der Waals surface area (Å²) in [6.07, 6.45) is 1.31. The van der Waals surface area contributed by atoms with Crippen LogP contribution in [0.5, 0.6) is 0 Å². The number of hydrogen-bond acceptors (Lipinski definition) is 8. The van der Waals surface area contributed by atoms with Crippen molar-refractivity contribution in [2.75, 3.05) is 34.3 Å². The maximum Gasteiger partial charge on any atom is 0.323 e. The molecule has 3 atom stereocenters. The average molecular weight is 475 g/mol. The highest BCUT2D eigenvalue weighted by Crippen LogP contribution is 2.30. The van der Waals surface area contributed by atoms with Crippen molar-refractivity contribution in [2.24, 2.45) is 0 Å². The molecule has 0 aliphatic carbocycles. The second-order valence-corrected chi connectivity index (χ2v) is 9.26. The van der Waals surface area contributed by atoms with Gasteiger partial charge < -0.3 is 15.4 Å². The number of carbonyl (C=O) groups excluding carboxylic acids is 1. The Morgan fingerprint density at radius 1 is 1.06 bits per heavy atom. The largest absolute Gasteiger partial charge is 0.364 e. The van der Waals surface area contributed by atoms with Crippen molar-refractivity contribution < 1.29 is 9.53 Å². The second kappa shape index (κ2) is 9.47. The number of morpholine rings is 1. The summed E-state index contributed by atoms with van der Waals surface area (Å²) in [6, 6.07) is 13.3. The SMILES string of the molecule is Cc1ccc(NC(=O)Nc2ccc(C(C)C)cc2)cc1NN1c2ncnc(n2)C2CN1CC(C)O2. The van der Waals surface area contributed by atoms with E-state index in [0.29, 0.717) is 36.5 Å². The van der Waals surface area contributed by atoms with Crippen molar-refractivity contribution in [3.63, 3.8) is 0 Å². The van der Waals surface area contributed by atoms with Gasteiger partial charge in [0.2, 0.25) is 0 Å². The van der Waals surface area contributed by atoms with Gasteiger partial charge in [-0.15, -0.1) is 0 Å². The van der Waals surface area contributed by atoms with E-state index in [1.165, 1.54) is 11.9 Å². The third-order valence-electron chi connectivity index (χ3n) is 6.14. The van der Waals surface area contributed by atoms with Crippen LogP contribution in [0.25, 0.3) is 0 Å². The Balaban J connectivity index is 1.32. The Kier molecular flexibility index (Phi) is 6.23. The zero-order chi connectivity index (χ0) is 24.5. The lowest BCUT2D eigenvalue weighted by Crippen LogP contribution is -2.54. The quantitative estimate of drug-likeness (QED) is 0.497. The first-order chi connectivity index (χ1) is 16.9. The molecule has 0 saturated carbocycles. The van der Waals surface area contributed by atoms with Gasteiger partial charge in [0, 0.05) is 17.9 Å². The van der Waals surface area contributed by atoms with Gasteiger partial charge in [0.1, 0.15) is 12.4 Å². The second-order valence-electron chi connectivity index (χ2n) is 9.26. The first kappa shape index (κ1) is 23.0. The Bertz CT molecular complexity index is 1220. The molecule has 3 aromatic rings. The molecular formula is C25H30N8O2. The van der Waals surface area contributed by atoms with Crippen molar-refractivity contribution in [1.29, 1.82) is 0 Å². The number of hydrazine groups is 2. The summed E-state index contributed by atoms with van der Waals surface area (Å²) in [5.41, 5.74) is 7.89. The van der Waals surface area contributed by atoms with Crippen molar-refractivity contribution in [1.82, 2.24) is 20.0 Å². The lowest BCUT2D eigenvalue weighted by molar-refractivity contribution is -0.0814. The van der Waals surface area contributed by atoms with Crippen LogP contribution in [0.4, 0.5) is 27.8 Å². The van der Waals surface area contributed by atoms with Crippen LogP contribution in [0.15, 0.2) is 48.8 Å². The minimum atomic E-state index is -0.307. The highest BCUT2D eigenvalue weighted by molar-refractivity contribution is 6.00. The van der Waals surface area contributed by atoms with E-state index in [0.717, 1.165) is 16.9 Å². The average Bonchev–Trinajstić information content (AvgIpc) is 2.90. The molecule has 2 aliphatic rings. The summed E-state index contributed by atoms with van der Waals surface area (Å²) in [5, 5.41) is 9.77. The van der Waals surface area contributed by atoms with Crippen molar-refractivity contribution in [3.8, 4) is 0 Å². The molecule has 35 heavy (non-hydrogen) atoms. The molecule has 10 nitrogen and oxygen atoms in total. The lowest BCUT2D eigenvalue weighted by atomic mass is 10.0. The number of benzene rings is 2. The maximum atomic E-state index is 12.6. The number of aromatic nitrogens is 3. The molecule has 3 heterocycles. The predicted octanol–water partition coefficient (Wildman–Crippen LogP) is 4.47. The maximum absolute atomic E-state index is 12.6. The number of urea groups is 1. The van der Waals surface area contributed by atoms with Gasteiger partial charge >= 0.3 is 6.03 Å². The zero-order valence-electron chi connectivity index (χ0n) is 20.3. The number of amides is 2. The van der Waals surface area contributed by atoms with Gasteiger partial charge in [-0.2, -0.15) is 20.1 Å². The molecule has 2 amide bonds. The molecule has 0 spiro atoms. The molecule has 4 bridgehead atoms. The molecule has 182 valence electrons. The van der Waals surface area contributed by atoms with E-state index in [4.69, 9.17) is 4.74 Å². The number of carbonyl (C=O) groups is 1. The van der Waals surface area contributed by atoms with Crippen LogP contribution in [-0.4, -0.2) is 45.2 Å². The Labute approximate surface area is 204 Å². The molecule has 1 fully saturated rings. The summed E-state index contributed by atoms with van der Waals surface area (Å²) in [5.74, 6) is 1.56. The third-order valence-corrected chi connectivity index (χ3v) is 6.14. The van der Waals surface area contributed by atoms with Crippen LogP contribution in [0.2, 0.25) is 0 Å². The van der Waals surface area contributed by atoms with Crippen LogP contribution in [0.1, 0.15) is 49.7 Å². The number of fused-ring (bicyclic) bond motifs is 5. The van der Waals surface area contributed by atoms with Gasteiger partial charge in [0.15, 0.2) is 5.82 Å². The van der Waals surface area contributed by atoms with Gasteiger partial charge in [-0.25, -0.2) is 9.78 Å². The number of nitrogens with zero attached hydrogens (tertiary/aromatic N) is 5. The Hall–Kier alpha value is -3.76. The van der Waals surface area contributed by atoms with Crippen LogP contribution >= 0.6 is 0 Å². The van der Waals surface area contributed by atoms with Crippen molar-refractivity contribution in [2.45, 2.75) is 45.8 Å². The number of ether oxygens (including phenoxy) is 1. The van der Waals surface area contributed by atoms with Gasteiger partial charge in [-0.05, 0) is 55.2 Å². The predicted molar refractivity (Wildman–Crippen MR) is 135 cm³/mol. The summed E-state index contributed by atoms with van der Waals surface area (Å²) in [4.78, 5) is 25.9. The fraction of sp³-hybridized carbons (Fsp3) is 0.360. The van der Waals surface area contributed by atoms with E-state index < -0.39 is 0 Å². The van der Waals surface area contributed by atoms with Gasteiger partial charge in [0.25, 0.3) is 5.95 Å². The van der Waals surface area contributed by atoms with E-state index in [1.807, 2.05) is 61.4 Å². The third kappa shape index (κ3) is 5.03. The zero-order valence-corrected chi connectivity index (χ0v) is 20.3. The number of anilines is 4. The van der Waals surface area contributed by atoms with Crippen LogP contribution in [-0.2, 0) is 4.74 Å². The highest BCUT2D eigenvalue weighted by Gasteiger charge is 2.36. The van der Waals surface area contributed by atoms with Crippen LogP contribution in [0, 0.1) is 6.92 Å². The summed E-state index contributed by atoms with van der Waals surface area (Å²) >= 11 is 0. The molecule has 2 aromatic carbocycles. The topological polar surface area (TPSA) is 108 Å². The van der Waals surface area contributed by atoms with Crippen molar-refractivity contribution >= 4 is 29.0 Å². The summed E-state index contributed by atoms with van der Waals surface area (Å²) in [7, 11) is 0. The van der Waals surface area contributed by atoms with E-state index in [9.17, 15) is 4.79 Å². The monoisotopic (exact) mass is 474 g/mol. The Morgan fingerprint density at radius 3 is 2.57 bits per heavy atom. The summed E-state index contributed by atoms with van der Waals surface area (Å²) < 4.78 is 6.02. The molecule has 0 radical (unpaired) electrons. The van der Waals surface area contributed by atoms with Crippen LogP contribution in [0.3, 0.4) is 0 Å². The fourth-order valence-electron chi connectivity index (χ4n) is 4.22. The van der Waals surface area contributed by atoms with Crippen molar-refractivity contribution in [3.05, 3.63) is 65.7 Å². The molecular weight excluding hydrogens is 444 g/mol. The molecule has 1 saturated heterocycles. The standard InChI is InChI=1S/C25H30N8O2/c1-15(2)18-6-9-19(10-7-18)28-25(34)29-20-8-5-16(3)21(11-20)31-33-24-27-14-26-23(30-24)22-13-32(33)12-17(4)35-22/h5-11,14-15,17,22,31H,12-13H2,1-4H3,(H2,28,29,34). The number of rotatable bonds is 5. The number of nitrogens with one attached hydrogen (secondary N) is 3. The van der Waals surface area contributed by atoms with E-state index in [1.54, 1.807) is 0 Å². The van der Waals surface area contributed by atoms with Crippen LogP contribution < -0.4 is 21.2 Å². The van der Waals surface area contributed by atoms with E-state index in [2.05, 4.69) is 49.9 Å². The molecule has 10 heteroatoms. The molecule has 3 N–H and O–H groups in total. The minimum absolute atomic E-state index is 0.0169. The number of hydrogen-bond donors (Lipinski definition) is 3. The highest BCUT2D eigenvalue weighted by atomic mass is 16.5. The summed E-state index contributed by atoms with van der Waals surface area (Å²) in [6.45, 7) is 9.61. The molecule has 5 rings (SSSR count). The van der Waals surface area contributed by atoms with Gasteiger partial charge in [-0.1, -0.05) is 32.0 Å². The number of aryl methyl sites for hydroxylation is 1. The lowest BCUT2D eigenvalue weighted by Gasteiger charge is -2.40. The first-order valence-corrected chi connectivity index (χ1v) is 11.8. The fourth-order valence-corrected chi connectivity index (χ4v) is 4.22. The van der Waals surface area contributed by atoms with E-state index >= 15 is 0 Å². The first-order valence-electron chi connectivity index (χ1n) is 11.8.